The fourth-order valence-electron chi connectivity index (χ4n) is 1.29. The Hall–Kier alpha value is -2.09. The standard InChI is InChI=1S/C12H9F2NO2/c1-7(16)8(6-15)4-12(17)10-5-9(13)2-3-11(10)14/h2-3,5,8H,4H2,1H3. The Bertz CT molecular complexity index is 506. The lowest BCUT2D eigenvalue weighted by atomic mass is 9.96. The average Bonchev–Trinajstić information content (AvgIpc) is 2.28. The molecule has 5 heteroatoms. The molecule has 1 atom stereocenters. The monoisotopic (exact) mass is 237 g/mol. The van der Waals surface area contributed by atoms with Gasteiger partial charge in [-0.3, -0.25) is 9.59 Å². The number of carbonyl (C=O) groups is 2. The Balaban J connectivity index is 2.94. The summed E-state index contributed by atoms with van der Waals surface area (Å²) in [5.74, 6) is -3.96. The highest BCUT2D eigenvalue weighted by Gasteiger charge is 2.21. The van der Waals surface area contributed by atoms with Crippen LogP contribution in [0.25, 0.3) is 0 Å². The van der Waals surface area contributed by atoms with Crippen molar-refractivity contribution in [1.82, 2.24) is 0 Å². The fourth-order valence-corrected chi connectivity index (χ4v) is 1.29. The molecule has 0 saturated carbocycles. The van der Waals surface area contributed by atoms with Crippen molar-refractivity contribution in [2.75, 3.05) is 0 Å². The molecule has 1 unspecified atom stereocenters. The zero-order chi connectivity index (χ0) is 13.0. The van der Waals surface area contributed by atoms with Crippen molar-refractivity contribution >= 4 is 11.6 Å². The molecule has 0 spiro atoms. The van der Waals surface area contributed by atoms with Crippen LogP contribution in [0.5, 0.6) is 0 Å². The zero-order valence-corrected chi connectivity index (χ0v) is 9.04. The Morgan fingerprint density at radius 3 is 2.59 bits per heavy atom. The number of carbonyl (C=O) groups excluding carboxylic acids is 2. The van der Waals surface area contributed by atoms with Gasteiger partial charge < -0.3 is 0 Å². The average molecular weight is 237 g/mol. The van der Waals surface area contributed by atoms with Crippen molar-refractivity contribution in [3.63, 3.8) is 0 Å². The van der Waals surface area contributed by atoms with E-state index in [1.165, 1.54) is 6.92 Å². The van der Waals surface area contributed by atoms with E-state index in [0.717, 1.165) is 18.2 Å². The number of nitriles is 1. The highest BCUT2D eigenvalue weighted by Crippen LogP contribution is 2.15. The number of ketones is 2. The van der Waals surface area contributed by atoms with Crippen LogP contribution in [0.15, 0.2) is 18.2 Å². The Labute approximate surface area is 96.7 Å². The molecule has 3 nitrogen and oxygen atoms in total. The molecule has 1 rings (SSSR count). The van der Waals surface area contributed by atoms with E-state index in [1.54, 1.807) is 6.07 Å². The molecule has 0 aliphatic rings. The van der Waals surface area contributed by atoms with Gasteiger partial charge in [-0.05, 0) is 25.1 Å². The van der Waals surface area contributed by atoms with E-state index in [-0.39, 0.29) is 0 Å². The van der Waals surface area contributed by atoms with E-state index < -0.39 is 41.1 Å². The maximum atomic E-state index is 13.2. The first-order valence-electron chi connectivity index (χ1n) is 4.84. The third-order valence-electron chi connectivity index (χ3n) is 2.26. The number of Topliss-reactive ketones (excluding diaryl/α,β-unsaturated/α-hetero) is 2. The van der Waals surface area contributed by atoms with Crippen molar-refractivity contribution in [2.45, 2.75) is 13.3 Å². The van der Waals surface area contributed by atoms with E-state index in [4.69, 9.17) is 5.26 Å². The third kappa shape index (κ3) is 3.18. The number of hydrogen-bond acceptors (Lipinski definition) is 3. The molecule has 0 amide bonds. The quantitative estimate of drug-likeness (QED) is 0.755. The van der Waals surface area contributed by atoms with Crippen LogP contribution in [0.4, 0.5) is 8.78 Å². The zero-order valence-electron chi connectivity index (χ0n) is 9.04. The van der Waals surface area contributed by atoms with Crippen molar-refractivity contribution in [3.8, 4) is 6.07 Å². The predicted molar refractivity (Wildman–Crippen MR) is 55.1 cm³/mol. The smallest absolute Gasteiger partial charge is 0.167 e. The lowest BCUT2D eigenvalue weighted by molar-refractivity contribution is -0.119. The van der Waals surface area contributed by atoms with Crippen molar-refractivity contribution in [1.29, 1.82) is 5.26 Å². The normalized spacial score (nSPS) is 11.6. The van der Waals surface area contributed by atoms with Crippen molar-refractivity contribution in [3.05, 3.63) is 35.4 Å². The molecular formula is C12H9F2NO2. The summed E-state index contributed by atoms with van der Waals surface area (Å²) in [6, 6.07) is 4.12. The molecular weight excluding hydrogens is 228 g/mol. The molecule has 0 N–H and O–H groups in total. The molecule has 0 fully saturated rings. The van der Waals surface area contributed by atoms with Crippen LogP contribution in [0.2, 0.25) is 0 Å². The molecule has 0 radical (unpaired) electrons. The van der Waals surface area contributed by atoms with Crippen molar-refractivity contribution in [2.24, 2.45) is 5.92 Å². The minimum Gasteiger partial charge on any atom is -0.299 e. The molecule has 1 aromatic rings. The molecule has 0 bridgehead atoms. The number of benzene rings is 1. The van der Waals surface area contributed by atoms with Crippen LogP contribution in [-0.2, 0) is 4.79 Å². The second kappa shape index (κ2) is 5.30. The number of hydrogen-bond donors (Lipinski definition) is 0. The topological polar surface area (TPSA) is 57.9 Å². The van der Waals surface area contributed by atoms with Crippen LogP contribution < -0.4 is 0 Å². The van der Waals surface area contributed by atoms with Crippen molar-refractivity contribution < 1.29 is 18.4 Å². The Kier molecular flexibility index (Phi) is 4.05. The fraction of sp³-hybridized carbons (Fsp3) is 0.250. The number of rotatable bonds is 4. The highest BCUT2D eigenvalue weighted by atomic mass is 19.1. The molecule has 0 heterocycles. The van der Waals surface area contributed by atoms with Gasteiger partial charge in [-0.1, -0.05) is 0 Å². The molecule has 1 aromatic carbocycles. The van der Waals surface area contributed by atoms with Crippen LogP contribution >= 0.6 is 0 Å². The first-order chi connectivity index (χ1) is 7.95. The lowest BCUT2D eigenvalue weighted by Gasteiger charge is -2.05. The minimum atomic E-state index is -1.12. The van der Waals surface area contributed by atoms with Gasteiger partial charge in [0.25, 0.3) is 0 Å². The number of nitrogens with zero attached hydrogens (tertiary/aromatic N) is 1. The largest absolute Gasteiger partial charge is 0.299 e. The SMILES string of the molecule is CC(=O)C(C#N)CC(=O)c1cc(F)ccc1F. The van der Waals surface area contributed by atoms with Gasteiger partial charge in [0.1, 0.15) is 23.3 Å². The summed E-state index contributed by atoms with van der Waals surface area (Å²) in [7, 11) is 0. The van der Waals surface area contributed by atoms with E-state index >= 15 is 0 Å². The first-order valence-corrected chi connectivity index (χ1v) is 4.84. The number of halogens is 2. The maximum absolute atomic E-state index is 13.2. The molecule has 88 valence electrons. The van der Waals surface area contributed by atoms with Gasteiger partial charge in [-0.25, -0.2) is 8.78 Å². The molecule has 0 aliphatic heterocycles. The molecule has 0 saturated heterocycles. The summed E-state index contributed by atoms with van der Waals surface area (Å²) in [6.07, 6.45) is -0.438. The molecule has 0 aliphatic carbocycles. The maximum Gasteiger partial charge on any atom is 0.167 e. The summed E-state index contributed by atoms with van der Waals surface area (Å²) < 4.78 is 26.1. The Morgan fingerprint density at radius 2 is 2.06 bits per heavy atom. The Morgan fingerprint density at radius 1 is 1.41 bits per heavy atom. The van der Waals surface area contributed by atoms with Crippen LogP contribution in [-0.4, -0.2) is 11.6 Å². The van der Waals surface area contributed by atoms with Crippen LogP contribution in [0, 0.1) is 28.9 Å². The predicted octanol–water partition coefficient (Wildman–Crippen LogP) is 2.27. The van der Waals surface area contributed by atoms with Gasteiger partial charge in [-0.2, -0.15) is 5.26 Å². The summed E-state index contributed by atoms with van der Waals surface area (Å²) in [6.45, 7) is 1.17. The summed E-state index contributed by atoms with van der Waals surface area (Å²) >= 11 is 0. The third-order valence-corrected chi connectivity index (χ3v) is 2.26. The van der Waals surface area contributed by atoms with Crippen LogP contribution in [0.3, 0.4) is 0 Å². The van der Waals surface area contributed by atoms with Gasteiger partial charge in [0.05, 0.1) is 11.6 Å². The van der Waals surface area contributed by atoms with Gasteiger partial charge in [-0.15, -0.1) is 0 Å². The highest BCUT2D eigenvalue weighted by molar-refractivity contribution is 5.99. The van der Waals surface area contributed by atoms with Gasteiger partial charge in [0.2, 0.25) is 0 Å². The van der Waals surface area contributed by atoms with Crippen LogP contribution in [0.1, 0.15) is 23.7 Å². The summed E-state index contributed by atoms with van der Waals surface area (Å²) in [5, 5.41) is 8.63. The summed E-state index contributed by atoms with van der Waals surface area (Å²) in [5.41, 5.74) is -0.438. The lowest BCUT2D eigenvalue weighted by Crippen LogP contribution is -2.15. The van der Waals surface area contributed by atoms with Gasteiger partial charge in [0.15, 0.2) is 5.78 Å². The van der Waals surface area contributed by atoms with E-state index in [2.05, 4.69) is 0 Å². The second-order valence-corrected chi connectivity index (χ2v) is 3.54. The van der Waals surface area contributed by atoms with E-state index in [0.29, 0.717) is 0 Å². The first kappa shape index (κ1) is 13.0. The van der Waals surface area contributed by atoms with E-state index in [1.807, 2.05) is 0 Å². The van der Waals surface area contributed by atoms with E-state index in [9.17, 15) is 18.4 Å². The minimum absolute atomic E-state index is 0.438. The molecule has 17 heavy (non-hydrogen) atoms. The second-order valence-electron chi connectivity index (χ2n) is 3.54. The van der Waals surface area contributed by atoms with Gasteiger partial charge >= 0.3 is 0 Å². The summed E-state index contributed by atoms with van der Waals surface area (Å²) in [4.78, 5) is 22.5. The van der Waals surface area contributed by atoms with Gasteiger partial charge in [0, 0.05) is 6.42 Å². The molecule has 0 aromatic heterocycles.